The molecule has 0 unspecified atom stereocenters. The van der Waals surface area contributed by atoms with Gasteiger partial charge in [0.25, 0.3) is 5.91 Å². The summed E-state index contributed by atoms with van der Waals surface area (Å²) in [4.78, 5) is 12.3. The second kappa shape index (κ2) is 11.7. The molecule has 1 amide bonds. The predicted molar refractivity (Wildman–Crippen MR) is 134 cm³/mol. The summed E-state index contributed by atoms with van der Waals surface area (Å²) >= 11 is 4.69. The number of hydrogen-bond donors (Lipinski definition) is 2. The summed E-state index contributed by atoms with van der Waals surface area (Å²) in [7, 11) is 0. The van der Waals surface area contributed by atoms with Crippen molar-refractivity contribution >= 4 is 39.8 Å². The molecule has 1 heterocycles. The first-order chi connectivity index (χ1) is 15.9. The van der Waals surface area contributed by atoms with E-state index < -0.39 is 0 Å². The van der Waals surface area contributed by atoms with Gasteiger partial charge in [0.15, 0.2) is 22.5 Å². The van der Waals surface area contributed by atoms with Gasteiger partial charge in [0.2, 0.25) is 0 Å². The number of phenols is 1. The first kappa shape index (κ1) is 24.5. The van der Waals surface area contributed by atoms with Crippen molar-refractivity contribution in [3.8, 4) is 22.9 Å². The highest BCUT2D eigenvalue weighted by molar-refractivity contribution is 9.10. The molecule has 0 aliphatic carbocycles. The van der Waals surface area contributed by atoms with Gasteiger partial charge in [-0.15, -0.1) is 10.2 Å². The maximum absolute atomic E-state index is 12.3. The van der Waals surface area contributed by atoms with Gasteiger partial charge in [0.05, 0.1) is 18.6 Å². The van der Waals surface area contributed by atoms with Crippen molar-refractivity contribution in [2.75, 3.05) is 12.4 Å². The van der Waals surface area contributed by atoms with Crippen molar-refractivity contribution in [3.05, 3.63) is 64.7 Å². The van der Waals surface area contributed by atoms with E-state index in [-0.39, 0.29) is 17.4 Å². The Morgan fingerprint density at radius 1 is 1.30 bits per heavy atom. The average Bonchev–Trinajstić information content (AvgIpc) is 3.17. The Labute approximate surface area is 204 Å². The molecule has 0 aliphatic heterocycles. The van der Waals surface area contributed by atoms with Crippen LogP contribution in [0.4, 0.5) is 0 Å². The number of benzene rings is 2. The number of halogens is 1. The molecule has 10 heteroatoms. The summed E-state index contributed by atoms with van der Waals surface area (Å²) in [5.41, 5.74) is 4.76. The van der Waals surface area contributed by atoms with Crippen molar-refractivity contribution < 1.29 is 14.6 Å². The van der Waals surface area contributed by atoms with E-state index in [4.69, 9.17) is 4.74 Å². The van der Waals surface area contributed by atoms with Gasteiger partial charge in [-0.25, -0.2) is 5.43 Å². The zero-order valence-electron chi connectivity index (χ0n) is 18.3. The van der Waals surface area contributed by atoms with Gasteiger partial charge in [-0.3, -0.25) is 9.36 Å². The lowest BCUT2D eigenvalue weighted by molar-refractivity contribution is -0.118. The zero-order chi connectivity index (χ0) is 23.8. The van der Waals surface area contributed by atoms with Crippen molar-refractivity contribution in [2.24, 2.45) is 5.10 Å². The van der Waals surface area contributed by atoms with Gasteiger partial charge < -0.3 is 9.84 Å². The molecule has 1 aromatic heterocycles. The Bertz CT molecular complexity index is 1160. The predicted octanol–water partition coefficient (Wildman–Crippen LogP) is 4.63. The first-order valence-electron chi connectivity index (χ1n) is 10.1. The molecule has 0 spiro atoms. The second-order valence-electron chi connectivity index (χ2n) is 7.07. The van der Waals surface area contributed by atoms with Crippen LogP contribution in [0.25, 0.3) is 11.4 Å². The van der Waals surface area contributed by atoms with Gasteiger partial charge >= 0.3 is 0 Å². The minimum absolute atomic E-state index is 0.0277. The summed E-state index contributed by atoms with van der Waals surface area (Å²) in [5.74, 6) is 0.821. The van der Waals surface area contributed by atoms with E-state index in [1.165, 1.54) is 18.0 Å². The maximum atomic E-state index is 12.3. The highest BCUT2D eigenvalue weighted by Crippen LogP contribution is 2.29. The fourth-order valence-electron chi connectivity index (χ4n) is 2.87. The number of phenolic OH excluding ortho intramolecular Hbond substituents is 1. The number of amides is 1. The Balaban J connectivity index is 1.65. The van der Waals surface area contributed by atoms with Crippen LogP contribution in [-0.4, -0.2) is 44.4 Å². The number of para-hydroxylation sites is 1. The quantitative estimate of drug-likeness (QED) is 0.172. The fraction of sp³-hybridized carbons (Fsp3) is 0.217. The summed E-state index contributed by atoms with van der Waals surface area (Å²) in [6.45, 7) is 8.72. The number of allylic oxidation sites excluding steroid dienone is 1. The summed E-state index contributed by atoms with van der Waals surface area (Å²) < 4.78 is 8.25. The third-order valence-corrected chi connectivity index (χ3v) is 5.80. The lowest BCUT2D eigenvalue weighted by Crippen LogP contribution is -2.20. The van der Waals surface area contributed by atoms with Crippen LogP contribution >= 0.6 is 27.7 Å². The van der Waals surface area contributed by atoms with E-state index in [0.29, 0.717) is 35.4 Å². The van der Waals surface area contributed by atoms with Gasteiger partial charge in [-0.1, -0.05) is 58.0 Å². The molecule has 2 N–H and O–H groups in total. The number of aromatic nitrogens is 3. The number of nitrogens with one attached hydrogen (secondary N) is 1. The highest BCUT2D eigenvalue weighted by atomic mass is 79.9. The van der Waals surface area contributed by atoms with Crippen LogP contribution in [0, 0.1) is 0 Å². The lowest BCUT2D eigenvalue weighted by Gasteiger charge is -2.10. The average molecular weight is 530 g/mol. The van der Waals surface area contributed by atoms with Gasteiger partial charge in [-0.2, -0.15) is 5.10 Å². The molecule has 33 heavy (non-hydrogen) atoms. The van der Waals surface area contributed by atoms with Crippen LogP contribution in [-0.2, 0) is 11.3 Å². The summed E-state index contributed by atoms with van der Waals surface area (Å²) in [5, 5.41) is 23.3. The Morgan fingerprint density at radius 3 is 2.76 bits per heavy atom. The molecule has 8 nitrogen and oxygen atoms in total. The minimum Gasteiger partial charge on any atom is -0.504 e. The summed E-state index contributed by atoms with van der Waals surface area (Å²) in [6.07, 6.45) is 1.37. The zero-order valence-corrected chi connectivity index (χ0v) is 20.7. The van der Waals surface area contributed by atoms with E-state index in [2.05, 4.69) is 43.2 Å². The molecule has 0 fully saturated rings. The maximum Gasteiger partial charge on any atom is 0.250 e. The molecule has 3 rings (SSSR count). The molecule has 0 aliphatic rings. The number of hydrazone groups is 1. The van der Waals surface area contributed by atoms with E-state index in [1.807, 2.05) is 42.7 Å². The Hall–Kier alpha value is -3.11. The third-order valence-electron chi connectivity index (χ3n) is 4.30. The first-order valence-corrected chi connectivity index (χ1v) is 11.9. The highest BCUT2D eigenvalue weighted by Gasteiger charge is 2.16. The van der Waals surface area contributed by atoms with E-state index in [1.54, 1.807) is 18.2 Å². The molecular formula is C23H24BrN5O3S. The molecule has 3 aromatic rings. The van der Waals surface area contributed by atoms with E-state index >= 15 is 0 Å². The number of nitrogens with zero attached hydrogens (tertiary/aromatic N) is 4. The van der Waals surface area contributed by atoms with Crippen LogP contribution in [0.5, 0.6) is 11.5 Å². The topological polar surface area (TPSA) is 102 Å². The third kappa shape index (κ3) is 6.69. The molecular weight excluding hydrogens is 506 g/mol. The molecule has 2 aromatic carbocycles. The lowest BCUT2D eigenvalue weighted by atomic mass is 10.2. The van der Waals surface area contributed by atoms with Crippen LogP contribution in [0.2, 0.25) is 0 Å². The number of thioether (sulfide) groups is 1. The number of carbonyl (C=O) groups excluding carboxylic acids is 1. The van der Waals surface area contributed by atoms with Gasteiger partial charge in [0.1, 0.15) is 0 Å². The normalized spacial score (nSPS) is 11.0. The molecule has 172 valence electrons. The van der Waals surface area contributed by atoms with Gasteiger partial charge in [-0.05, 0) is 38.1 Å². The van der Waals surface area contributed by atoms with E-state index in [0.717, 1.165) is 15.6 Å². The van der Waals surface area contributed by atoms with Crippen molar-refractivity contribution in [1.29, 1.82) is 0 Å². The fourth-order valence-corrected chi connectivity index (χ4v) is 3.87. The number of ether oxygens (including phenoxy) is 1. The SMILES string of the molecule is C=C(C)Cn1c(SCC(=O)N/N=C\c2cccc(OCC)c2O)nnc1-c1ccc(Br)cc1. The molecule has 0 saturated heterocycles. The number of hydrogen-bond acceptors (Lipinski definition) is 7. The van der Waals surface area contributed by atoms with E-state index in [9.17, 15) is 9.90 Å². The van der Waals surface area contributed by atoms with Crippen molar-refractivity contribution in [1.82, 2.24) is 20.2 Å². The molecule has 0 radical (unpaired) electrons. The number of aromatic hydroxyl groups is 1. The van der Waals surface area contributed by atoms with Crippen LogP contribution < -0.4 is 10.2 Å². The standard InChI is InChI=1S/C23H24BrN5O3S/c1-4-32-19-7-5-6-17(21(19)31)12-25-26-20(30)14-33-23-28-27-22(29(23)13-15(2)3)16-8-10-18(24)11-9-16/h5-12,31H,2,4,13-14H2,1,3H3,(H,26,30)/b25-12-. The largest absolute Gasteiger partial charge is 0.504 e. The molecule has 0 bridgehead atoms. The van der Waals surface area contributed by atoms with Crippen LogP contribution in [0.1, 0.15) is 19.4 Å². The number of carbonyl (C=O) groups is 1. The Kier molecular flexibility index (Phi) is 8.67. The van der Waals surface area contributed by atoms with Crippen molar-refractivity contribution in [2.45, 2.75) is 25.5 Å². The van der Waals surface area contributed by atoms with Crippen LogP contribution in [0.15, 0.2) is 69.3 Å². The molecule has 0 saturated carbocycles. The Morgan fingerprint density at radius 2 is 2.06 bits per heavy atom. The van der Waals surface area contributed by atoms with Crippen molar-refractivity contribution in [3.63, 3.8) is 0 Å². The smallest absolute Gasteiger partial charge is 0.250 e. The van der Waals surface area contributed by atoms with Gasteiger partial charge in [0, 0.05) is 22.1 Å². The summed E-state index contributed by atoms with van der Waals surface area (Å²) in [6, 6.07) is 12.9. The number of rotatable bonds is 10. The molecule has 0 atom stereocenters. The minimum atomic E-state index is -0.313. The monoisotopic (exact) mass is 529 g/mol. The second-order valence-corrected chi connectivity index (χ2v) is 8.92. The van der Waals surface area contributed by atoms with Crippen LogP contribution in [0.3, 0.4) is 0 Å².